The van der Waals surface area contributed by atoms with E-state index in [2.05, 4.69) is 36.1 Å². The van der Waals surface area contributed by atoms with Gasteiger partial charge in [0.25, 0.3) is 5.91 Å². The van der Waals surface area contributed by atoms with E-state index in [1.165, 1.54) is 29.5 Å². The minimum Gasteiger partial charge on any atom is -0.490 e. The van der Waals surface area contributed by atoms with Gasteiger partial charge in [0, 0.05) is 12.6 Å². The Hall–Kier alpha value is -2.53. The first kappa shape index (κ1) is 19.2. The number of ether oxygens (including phenoxy) is 2. The lowest BCUT2D eigenvalue weighted by Gasteiger charge is -2.25. The molecular weight excluding hydrogens is 340 g/mol. The third-order valence-electron chi connectivity index (χ3n) is 4.85. The molecule has 144 valence electrons. The molecule has 2 N–H and O–H groups in total. The maximum absolute atomic E-state index is 11.0. The van der Waals surface area contributed by atoms with E-state index in [9.17, 15) is 4.79 Å². The number of aryl methyl sites for hydroxylation is 1. The summed E-state index contributed by atoms with van der Waals surface area (Å²) in [6.45, 7) is 6.39. The number of likely N-dealkylation sites (tertiary alicyclic amines) is 1. The third-order valence-corrected chi connectivity index (χ3v) is 4.85. The third kappa shape index (κ3) is 5.01. The molecule has 5 nitrogen and oxygen atoms in total. The second-order valence-electron chi connectivity index (χ2n) is 7.01. The molecule has 0 aliphatic carbocycles. The minimum absolute atomic E-state index is 0.152. The van der Waals surface area contributed by atoms with Crippen LogP contribution in [0.2, 0.25) is 0 Å². The highest BCUT2D eigenvalue weighted by atomic mass is 16.5. The molecular formula is C22H28N2O3. The van der Waals surface area contributed by atoms with Crippen LogP contribution in [-0.2, 0) is 11.3 Å². The van der Waals surface area contributed by atoms with Crippen LogP contribution < -0.4 is 15.2 Å². The van der Waals surface area contributed by atoms with Crippen molar-refractivity contribution in [3.63, 3.8) is 0 Å². The standard InChI is InChI=1S/C22H28N2O3/c1-3-26-21-13-17(9-10-20(21)27-15-22(23)25)14-24-11-5-8-19(24)18-7-4-6-16(2)12-18/h4,6-7,9-10,12-13,19H,3,5,8,11,14-15H2,1-2H3,(H2,23,25)/t19-/m1/s1. The van der Waals surface area contributed by atoms with Gasteiger partial charge in [0.05, 0.1) is 6.61 Å². The van der Waals surface area contributed by atoms with Crippen molar-refractivity contribution in [2.75, 3.05) is 19.8 Å². The predicted octanol–water partition coefficient (Wildman–Crippen LogP) is 3.59. The monoisotopic (exact) mass is 368 g/mol. The number of benzene rings is 2. The Morgan fingerprint density at radius 2 is 2.04 bits per heavy atom. The van der Waals surface area contributed by atoms with Crippen LogP contribution in [0, 0.1) is 6.92 Å². The molecule has 1 aliphatic heterocycles. The fraction of sp³-hybridized carbons (Fsp3) is 0.409. The van der Waals surface area contributed by atoms with E-state index in [4.69, 9.17) is 15.2 Å². The summed E-state index contributed by atoms with van der Waals surface area (Å²) < 4.78 is 11.2. The van der Waals surface area contributed by atoms with E-state index in [1.807, 2.05) is 25.1 Å². The van der Waals surface area contributed by atoms with Gasteiger partial charge in [-0.25, -0.2) is 0 Å². The number of amides is 1. The number of primary amides is 1. The summed E-state index contributed by atoms with van der Waals surface area (Å²) in [4.78, 5) is 13.5. The Kier molecular flexibility index (Phi) is 6.35. The first-order chi connectivity index (χ1) is 13.1. The van der Waals surface area contributed by atoms with Gasteiger partial charge < -0.3 is 15.2 Å². The van der Waals surface area contributed by atoms with Gasteiger partial charge >= 0.3 is 0 Å². The smallest absolute Gasteiger partial charge is 0.255 e. The second-order valence-corrected chi connectivity index (χ2v) is 7.01. The van der Waals surface area contributed by atoms with Crippen molar-refractivity contribution in [2.24, 2.45) is 5.73 Å². The number of hydrogen-bond donors (Lipinski definition) is 1. The summed E-state index contributed by atoms with van der Waals surface area (Å²) in [6.07, 6.45) is 2.39. The maximum atomic E-state index is 11.0. The van der Waals surface area contributed by atoms with Crippen molar-refractivity contribution >= 4 is 5.91 Å². The molecule has 3 rings (SSSR count). The zero-order valence-electron chi connectivity index (χ0n) is 16.1. The summed E-state index contributed by atoms with van der Waals surface area (Å²) in [5.74, 6) is 0.707. The van der Waals surface area contributed by atoms with Crippen molar-refractivity contribution < 1.29 is 14.3 Å². The first-order valence-electron chi connectivity index (χ1n) is 9.54. The van der Waals surface area contributed by atoms with Crippen LogP contribution in [0.15, 0.2) is 42.5 Å². The Morgan fingerprint density at radius 3 is 2.78 bits per heavy atom. The highest BCUT2D eigenvalue weighted by molar-refractivity contribution is 5.75. The molecule has 1 fully saturated rings. The SMILES string of the molecule is CCOc1cc(CN2CCC[C@@H]2c2cccc(C)c2)ccc1OCC(N)=O. The van der Waals surface area contributed by atoms with Crippen LogP contribution >= 0.6 is 0 Å². The number of carbonyl (C=O) groups excluding carboxylic acids is 1. The van der Waals surface area contributed by atoms with Crippen molar-refractivity contribution in [3.8, 4) is 11.5 Å². The lowest BCUT2D eigenvalue weighted by Crippen LogP contribution is -2.23. The predicted molar refractivity (Wildman–Crippen MR) is 106 cm³/mol. The van der Waals surface area contributed by atoms with Crippen LogP contribution in [0.25, 0.3) is 0 Å². The number of rotatable bonds is 8. The van der Waals surface area contributed by atoms with Gasteiger partial charge in [0.2, 0.25) is 0 Å². The van der Waals surface area contributed by atoms with Crippen LogP contribution in [0.5, 0.6) is 11.5 Å². The Morgan fingerprint density at radius 1 is 1.19 bits per heavy atom. The normalized spacial score (nSPS) is 17.0. The molecule has 1 amide bonds. The molecule has 1 atom stereocenters. The fourth-order valence-electron chi connectivity index (χ4n) is 3.69. The summed E-state index contributed by atoms with van der Waals surface area (Å²) in [5.41, 5.74) is 9.03. The topological polar surface area (TPSA) is 64.8 Å². The Labute approximate surface area is 161 Å². The lowest BCUT2D eigenvalue weighted by molar-refractivity contribution is -0.119. The number of carbonyl (C=O) groups is 1. The van der Waals surface area contributed by atoms with Gasteiger partial charge in [-0.15, -0.1) is 0 Å². The average Bonchev–Trinajstić information content (AvgIpc) is 3.09. The highest BCUT2D eigenvalue weighted by Crippen LogP contribution is 2.35. The van der Waals surface area contributed by atoms with Crippen molar-refractivity contribution in [3.05, 3.63) is 59.2 Å². The van der Waals surface area contributed by atoms with E-state index in [-0.39, 0.29) is 6.61 Å². The Balaban J connectivity index is 1.75. The molecule has 1 saturated heterocycles. The molecule has 2 aromatic rings. The average molecular weight is 368 g/mol. The highest BCUT2D eigenvalue weighted by Gasteiger charge is 2.26. The van der Waals surface area contributed by atoms with E-state index >= 15 is 0 Å². The second kappa shape index (κ2) is 8.91. The zero-order chi connectivity index (χ0) is 19.2. The molecule has 0 unspecified atom stereocenters. The van der Waals surface area contributed by atoms with E-state index < -0.39 is 5.91 Å². The van der Waals surface area contributed by atoms with Crippen LogP contribution in [0.3, 0.4) is 0 Å². The van der Waals surface area contributed by atoms with E-state index in [1.54, 1.807) is 0 Å². The van der Waals surface area contributed by atoms with Gasteiger partial charge in [-0.1, -0.05) is 35.9 Å². The lowest BCUT2D eigenvalue weighted by atomic mass is 10.0. The van der Waals surface area contributed by atoms with Crippen molar-refractivity contribution in [2.45, 2.75) is 39.3 Å². The minimum atomic E-state index is -0.500. The first-order valence-corrected chi connectivity index (χ1v) is 9.54. The zero-order valence-corrected chi connectivity index (χ0v) is 16.1. The molecule has 2 aromatic carbocycles. The van der Waals surface area contributed by atoms with Gasteiger partial charge in [-0.2, -0.15) is 0 Å². The molecule has 0 bridgehead atoms. The van der Waals surface area contributed by atoms with Gasteiger partial charge in [0.15, 0.2) is 18.1 Å². The quantitative estimate of drug-likeness (QED) is 0.773. The molecule has 0 saturated carbocycles. The summed E-state index contributed by atoms with van der Waals surface area (Å²) in [6, 6.07) is 15.1. The summed E-state index contributed by atoms with van der Waals surface area (Å²) in [7, 11) is 0. The number of hydrogen-bond acceptors (Lipinski definition) is 4. The molecule has 27 heavy (non-hydrogen) atoms. The van der Waals surface area contributed by atoms with Crippen LogP contribution in [-0.4, -0.2) is 30.6 Å². The summed E-state index contributed by atoms with van der Waals surface area (Å²) in [5, 5.41) is 0. The van der Waals surface area contributed by atoms with Crippen molar-refractivity contribution in [1.82, 2.24) is 4.90 Å². The molecule has 0 spiro atoms. The van der Waals surface area contributed by atoms with Crippen LogP contribution in [0.4, 0.5) is 0 Å². The Bertz CT molecular complexity index is 791. The molecule has 0 radical (unpaired) electrons. The fourth-order valence-corrected chi connectivity index (χ4v) is 3.69. The van der Waals surface area contributed by atoms with E-state index in [0.717, 1.165) is 13.1 Å². The molecule has 5 heteroatoms. The molecule has 1 aliphatic rings. The largest absolute Gasteiger partial charge is 0.490 e. The van der Waals surface area contributed by atoms with Crippen molar-refractivity contribution in [1.29, 1.82) is 0 Å². The molecule has 0 aromatic heterocycles. The number of nitrogens with zero attached hydrogens (tertiary/aromatic N) is 1. The molecule has 1 heterocycles. The van der Waals surface area contributed by atoms with E-state index in [0.29, 0.717) is 24.1 Å². The van der Waals surface area contributed by atoms with Crippen LogP contribution in [0.1, 0.15) is 42.5 Å². The summed E-state index contributed by atoms with van der Waals surface area (Å²) >= 11 is 0. The van der Waals surface area contributed by atoms with Gasteiger partial charge in [-0.3, -0.25) is 9.69 Å². The number of nitrogens with two attached hydrogens (primary N) is 1. The van der Waals surface area contributed by atoms with Gasteiger partial charge in [-0.05, 0) is 56.5 Å². The maximum Gasteiger partial charge on any atom is 0.255 e. The van der Waals surface area contributed by atoms with Gasteiger partial charge in [0.1, 0.15) is 0 Å².